The molecule has 1 atom stereocenters. The summed E-state index contributed by atoms with van der Waals surface area (Å²) in [4.78, 5) is 0. The number of hydrogen-bond acceptors (Lipinski definition) is 2. The molecule has 14 heavy (non-hydrogen) atoms. The fourth-order valence-electron chi connectivity index (χ4n) is 1.09. The second-order valence-corrected chi connectivity index (χ2v) is 3.31. The Labute approximate surface area is 79.7 Å². The summed E-state index contributed by atoms with van der Waals surface area (Å²) in [5.74, 6) is 0.167. The zero-order valence-electron chi connectivity index (χ0n) is 7.75. The summed E-state index contributed by atoms with van der Waals surface area (Å²) in [5, 5.41) is 3.23. The van der Waals surface area contributed by atoms with Crippen molar-refractivity contribution in [3.05, 3.63) is 18.0 Å². The molecule has 80 valence electrons. The fraction of sp³-hybridized carbons (Fsp3) is 0.625. The number of nitrogens with zero attached hydrogens (tertiary/aromatic N) is 2. The van der Waals surface area contributed by atoms with E-state index in [-0.39, 0.29) is 10.6 Å². The Balaban J connectivity index is 2.69. The van der Waals surface area contributed by atoms with Gasteiger partial charge in [-0.15, -0.1) is 13.2 Å². The number of halogens is 3. The van der Waals surface area contributed by atoms with Gasteiger partial charge in [-0.1, -0.05) is 6.92 Å². The molecular formula is C8H12F3N3. The molecule has 2 N–H and O–H groups in total. The maximum Gasteiger partial charge on any atom is 0.504 e. The summed E-state index contributed by atoms with van der Waals surface area (Å²) in [6.45, 7) is 2.34. The van der Waals surface area contributed by atoms with E-state index >= 15 is 0 Å². The van der Waals surface area contributed by atoms with E-state index in [0.717, 1.165) is 6.20 Å². The van der Waals surface area contributed by atoms with Gasteiger partial charge in [0, 0.05) is 6.20 Å². The molecule has 0 aliphatic rings. The van der Waals surface area contributed by atoms with E-state index in [4.69, 9.17) is 5.73 Å². The second kappa shape index (κ2) is 4.00. The average Bonchev–Trinajstić information content (AvgIpc) is 2.51. The van der Waals surface area contributed by atoms with E-state index in [1.54, 1.807) is 0 Å². The van der Waals surface area contributed by atoms with Crippen molar-refractivity contribution in [3.8, 4) is 0 Å². The lowest BCUT2D eigenvalue weighted by atomic mass is 10.0. The van der Waals surface area contributed by atoms with Gasteiger partial charge in [-0.2, -0.15) is 9.78 Å². The van der Waals surface area contributed by atoms with E-state index in [2.05, 4.69) is 5.10 Å². The lowest BCUT2D eigenvalue weighted by Gasteiger charge is -2.06. The molecule has 1 heterocycles. The molecule has 3 nitrogen and oxygen atoms in total. The fourth-order valence-corrected chi connectivity index (χ4v) is 1.09. The zero-order valence-corrected chi connectivity index (χ0v) is 7.75. The van der Waals surface area contributed by atoms with E-state index in [1.165, 1.54) is 6.20 Å². The number of aromatic nitrogens is 2. The van der Waals surface area contributed by atoms with E-state index in [0.29, 0.717) is 18.5 Å². The summed E-state index contributed by atoms with van der Waals surface area (Å²) in [6.07, 6.45) is -1.69. The molecule has 0 radical (unpaired) electrons. The van der Waals surface area contributed by atoms with Crippen LogP contribution in [0.25, 0.3) is 0 Å². The third-order valence-corrected chi connectivity index (χ3v) is 1.88. The molecule has 0 aliphatic heterocycles. The first-order valence-electron chi connectivity index (χ1n) is 4.24. The van der Waals surface area contributed by atoms with Crippen LogP contribution in [0, 0.1) is 5.92 Å². The molecule has 0 aromatic carbocycles. The van der Waals surface area contributed by atoms with Gasteiger partial charge in [-0.05, 0) is 24.4 Å². The minimum absolute atomic E-state index is 0.00553. The molecule has 0 spiro atoms. The first-order chi connectivity index (χ1) is 6.43. The average molecular weight is 207 g/mol. The lowest BCUT2D eigenvalue weighted by molar-refractivity contribution is -0.212. The number of alkyl halides is 3. The van der Waals surface area contributed by atoms with Gasteiger partial charge in [-0.3, -0.25) is 0 Å². The van der Waals surface area contributed by atoms with Crippen LogP contribution in [0.2, 0.25) is 0 Å². The smallest absolute Gasteiger partial charge is 0.330 e. The first-order valence-corrected chi connectivity index (χ1v) is 4.24. The molecule has 0 fully saturated rings. The van der Waals surface area contributed by atoms with E-state index < -0.39 is 6.30 Å². The summed E-state index contributed by atoms with van der Waals surface area (Å²) in [5.41, 5.74) is 5.92. The molecule has 0 aliphatic carbocycles. The van der Waals surface area contributed by atoms with Crippen molar-refractivity contribution in [2.75, 3.05) is 6.54 Å². The summed E-state index contributed by atoms with van der Waals surface area (Å²) >= 11 is 0. The first kappa shape index (κ1) is 11.0. The Morgan fingerprint density at radius 1 is 1.57 bits per heavy atom. The highest BCUT2D eigenvalue weighted by Gasteiger charge is 2.31. The lowest BCUT2D eigenvalue weighted by Crippen LogP contribution is -2.17. The van der Waals surface area contributed by atoms with Gasteiger partial charge in [-0.25, -0.2) is 0 Å². The maximum atomic E-state index is 12.1. The summed E-state index contributed by atoms with van der Waals surface area (Å²) < 4.78 is 36.3. The van der Waals surface area contributed by atoms with Gasteiger partial charge in [0.1, 0.15) is 0 Å². The molecule has 1 unspecified atom stereocenters. The van der Waals surface area contributed by atoms with Crippen molar-refractivity contribution in [1.82, 2.24) is 9.78 Å². The Morgan fingerprint density at radius 3 is 2.64 bits per heavy atom. The van der Waals surface area contributed by atoms with Crippen molar-refractivity contribution in [3.63, 3.8) is 0 Å². The van der Waals surface area contributed by atoms with Gasteiger partial charge in [0.05, 0.1) is 6.20 Å². The van der Waals surface area contributed by atoms with Crippen LogP contribution < -0.4 is 5.73 Å². The third-order valence-electron chi connectivity index (χ3n) is 1.88. The molecular weight excluding hydrogens is 195 g/mol. The Morgan fingerprint density at radius 2 is 2.21 bits per heavy atom. The highest BCUT2D eigenvalue weighted by molar-refractivity contribution is 5.05. The minimum atomic E-state index is -4.43. The van der Waals surface area contributed by atoms with Crippen molar-refractivity contribution in [2.24, 2.45) is 11.7 Å². The Kier molecular flexibility index (Phi) is 3.15. The summed E-state index contributed by atoms with van der Waals surface area (Å²) in [6, 6.07) is 0. The molecule has 1 rings (SSSR count). The van der Waals surface area contributed by atoms with Gasteiger partial charge < -0.3 is 5.73 Å². The number of nitrogens with two attached hydrogens (primary N) is 1. The predicted octanol–water partition coefficient (Wildman–Crippen LogP) is 1.50. The SMILES string of the molecule is CC(CN)Cc1cnn(C(F)(F)F)c1. The van der Waals surface area contributed by atoms with Crippen LogP contribution in [0.1, 0.15) is 12.5 Å². The van der Waals surface area contributed by atoms with Gasteiger partial charge in [0.2, 0.25) is 0 Å². The van der Waals surface area contributed by atoms with Crippen LogP contribution in [0.4, 0.5) is 13.2 Å². The standard InChI is InChI=1S/C8H12F3N3/c1-6(3-12)2-7-4-13-14(5-7)8(9,10)11/h4-6H,2-3,12H2,1H3. The maximum absolute atomic E-state index is 12.1. The van der Waals surface area contributed by atoms with Gasteiger partial charge in [0.25, 0.3) is 0 Å². The summed E-state index contributed by atoms with van der Waals surface area (Å²) in [7, 11) is 0. The van der Waals surface area contributed by atoms with Crippen LogP contribution in [-0.4, -0.2) is 16.3 Å². The van der Waals surface area contributed by atoms with Crippen LogP contribution in [-0.2, 0) is 12.7 Å². The van der Waals surface area contributed by atoms with Gasteiger partial charge in [0.15, 0.2) is 0 Å². The molecule has 1 aromatic rings. The van der Waals surface area contributed by atoms with Crippen LogP contribution in [0.5, 0.6) is 0 Å². The number of rotatable bonds is 3. The van der Waals surface area contributed by atoms with Crippen molar-refractivity contribution in [2.45, 2.75) is 19.6 Å². The molecule has 0 saturated carbocycles. The van der Waals surface area contributed by atoms with Crippen molar-refractivity contribution < 1.29 is 13.2 Å². The van der Waals surface area contributed by atoms with Crippen molar-refractivity contribution in [1.29, 1.82) is 0 Å². The van der Waals surface area contributed by atoms with Crippen LogP contribution >= 0.6 is 0 Å². The third kappa shape index (κ3) is 2.73. The highest BCUT2D eigenvalue weighted by Crippen LogP contribution is 2.21. The number of hydrogen-bond donors (Lipinski definition) is 1. The van der Waals surface area contributed by atoms with Crippen molar-refractivity contribution >= 4 is 0 Å². The zero-order chi connectivity index (χ0) is 10.8. The largest absolute Gasteiger partial charge is 0.504 e. The van der Waals surface area contributed by atoms with E-state index in [1.807, 2.05) is 6.92 Å². The molecule has 0 amide bonds. The monoisotopic (exact) mass is 207 g/mol. The highest BCUT2D eigenvalue weighted by atomic mass is 19.4. The predicted molar refractivity (Wildman–Crippen MR) is 45.4 cm³/mol. The normalized spacial score (nSPS) is 14.4. The van der Waals surface area contributed by atoms with Gasteiger partial charge >= 0.3 is 6.30 Å². The van der Waals surface area contributed by atoms with Crippen LogP contribution in [0.15, 0.2) is 12.4 Å². The van der Waals surface area contributed by atoms with Crippen LogP contribution in [0.3, 0.4) is 0 Å². The molecule has 6 heteroatoms. The second-order valence-electron chi connectivity index (χ2n) is 3.31. The quantitative estimate of drug-likeness (QED) is 0.816. The van der Waals surface area contributed by atoms with E-state index in [9.17, 15) is 13.2 Å². The molecule has 0 bridgehead atoms. The Hall–Kier alpha value is -1.04. The topological polar surface area (TPSA) is 43.8 Å². The molecule has 1 aromatic heterocycles. The molecule has 0 saturated heterocycles. The minimum Gasteiger partial charge on any atom is -0.330 e. The Bertz CT molecular complexity index is 292.